The van der Waals surface area contributed by atoms with E-state index in [0.29, 0.717) is 18.7 Å². The van der Waals surface area contributed by atoms with Gasteiger partial charge in [0.1, 0.15) is 11.9 Å². The first-order valence-electron chi connectivity index (χ1n) is 10.2. The molecule has 1 aromatic heterocycles. The second-order valence-corrected chi connectivity index (χ2v) is 7.64. The van der Waals surface area contributed by atoms with Crippen molar-refractivity contribution in [1.82, 2.24) is 14.9 Å². The number of nitrogens with two attached hydrogens (primary N) is 1. The molecule has 1 aliphatic rings. The molecular formula is C24H26N4O3. The van der Waals surface area contributed by atoms with Crippen LogP contribution in [0.1, 0.15) is 33.3 Å². The van der Waals surface area contributed by atoms with Crippen LogP contribution in [0.3, 0.4) is 0 Å². The number of aromatic nitrogens is 2. The minimum absolute atomic E-state index is 0.204. The summed E-state index contributed by atoms with van der Waals surface area (Å²) in [5.41, 5.74) is 10.5. The first-order valence-corrected chi connectivity index (χ1v) is 10.2. The molecule has 1 aliphatic heterocycles. The molecule has 1 amide bonds. The molecule has 1 atom stereocenters. The first kappa shape index (κ1) is 21.0. The van der Waals surface area contributed by atoms with E-state index in [0.717, 1.165) is 41.4 Å². The summed E-state index contributed by atoms with van der Waals surface area (Å²) in [5.74, 6) is 0.446. The van der Waals surface area contributed by atoms with Gasteiger partial charge in [-0.1, -0.05) is 24.3 Å². The number of nitrogens with zero attached hydrogens (tertiary/aromatic N) is 3. The lowest BCUT2D eigenvalue weighted by molar-refractivity contribution is -0.0350. The van der Waals surface area contributed by atoms with Gasteiger partial charge in [0.05, 0.1) is 25.1 Å². The highest BCUT2D eigenvalue weighted by atomic mass is 16.5. The summed E-state index contributed by atoms with van der Waals surface area (Å²) >= 11 is 0. The molecular weight excluding hydrogens is 392 g/mol. The lowest BCUT2D eigenvalue weighted by Crippen LogP contribution is -2.38. The van der Waals surface area contributed by atoms with Gasteiger partial charge in [-0.15, -0.1) is 0 Å². The summed E-state index contributed by atoms with van der Waals surface area (Å²) < 4.78 is 11.7. The molecule has 1 saturated heterocycles. The van der Waals surface area contributed by atoms with Gasteiger partial charge in [-0.3, -0.25) is 19.7 Å². The van der Waals surface area contributed by atoms with Gasteiger partial charge in [0.25, 0.3) is 0 Å². The third-order valence-electron chi connectivity index (χ3n) is 5.46. The van der Waals surface area contributed by atoms with Gasteiger partial charge in [0.2, 0.25) is 5.91 Å². The van der Waals surface area contributed by atoms with Gasteiger partial charge >= 0.3 is 0 Å². The third-order valence-corrected chi connectivity index (χ3v) is 5.46. The number of hydrogen-bond acceptors (Lipinski definition) is 6. The number of carbonyl (C=O) groups is 1. The van der Waals surface area contributed by atoms with Crippen LogP contribution in [0.2, 0.25) is 0 Å². The topological polar surface area (TPSA) is 90.6 Å². The van der Waals surface area contributed by atoms with Crippen LogP contribution < -0.4 is 10.5 Å². The molecule has 2 N–H and O–H groups in total. The highest BCUT2D eigenvalue weighted by molar-refractivity contribution is 5.93. The predicted octanol–water partition coefficient (Wildman–Crippen LogP) is 3.13. The van der Waals surface area contributed by atoms with Crippen molar-refractivity contribution in [3.05, 3.63) is 77.2 Å². The molecule has 0 saturated carbocycles. The fourth-order valence-electron chi connectivity index (χ4n) is 3.83. The number of hydrogen-bond donors (Lipinski definition) is 1. The molecule has 1 fully saturated rings. The van der Waals surface area contributed by atoms with Crippen molar-refractivity contribution in [3.8, 4) is 17.0 Å². The fourth-order valence-corrected chi connectivity index (χ4v) is 3.83. The average molecular weight is 418 g/mol. The SMILES string of the molecule is COc1cc(C)ccc1CN1CCO[C@@H](c2nccnc2-c2ccc(C(N)=O)cc2)C1. The van der Waals surface area contributed by atoms with Crippen molar-refractivity contribution in [3.63, 3.8) is 0 Å². The fraction of sp³-hybridized carbons (Fsp3) is 0.292. The maximum Gasteiger partial charge on any atom is 0.248 e. The van der Waals surface area contributed by atoms with Crippen LogP contribution in [0, 0.1) is 6.92 Å². The number of morpholine rings is 1. The van der Waals surface area contributed by atoms with Gasteiger partial charge in [-0.25, -0.2) is 0 Å². The van der Waals surface area contributed by atoms with Gasteiger partial charge in [-0.2, -0.15) is 0 Å². The number of aryl methyl sites for hydroxylation is 1. The number of benzene rings is 2. The van der Waals surface area contributed by atoms with E-state index in [1.165, 1.54) is 5.56 Å². The zero-order valence-corrected chi connectivity index (χ0v) is 17.7. The van der Waals surface area contributed by atoms with E-state index in [4.69, 9.17) is 15.2 Å². The van der Waals surface area contributed by atoms with Gasteiger partial charge in [0, 0.05) is 48.7 Å². The molecule has 3 aromatic rings. The summed E-state index contributed by atoms with van der Waals surface area (Å²) in [6.07, 6.45) is 3.14. The molecule has 7 heteroatoms. The van der Waals surface area contributed by atoms with E-state index < -0.39 is 5.91 Å². The summed E-state index contributed by atoms with van der Waals surface area (Å²) in [4.78, 5) is 22.9. The first-order chi connectivity index (χ1) is 15.0. The molecule has 7 nitrogen and oxygen atoms in total. The molecule has 0 unspecified atom stereocenters. The van der Waals surface area contributed by atoms with Crippen molar-refractivity contribution in [2.45, 2.75) is 19.6 Å². The monoisotopic (exact) mass is 418 g/mol. The van der Waals surface area contributed by atoms with Crippen molar-refractivity contribution in [2.75, 3.05) is 26.8 Å². The molecule has 0 radical (unpaired) electrons. The number of amides is 1. The summed E-state index contributed by atoms with van der Waals surface area (Å²) in [7, 11) is 1.70. The van der Waals surface area contributed by atoms with E-state index in [2.05, 4.69) is 40.0 Å². The predicted molar refractivity (Wildman–Crippen MR) is 118 cm³/mol. The minimum Gasteiger partial charge on any atom is -0.496 e. The smallest absolute Gasteiger partial charge is 0.248 e. The van der Waals surface area contributed by atoms with E-state index in [1.54, 1.807) is 31.6 Å². The highest BCUT2D eigenvalue weighted by Gasteiger charge is 2.27. The number of carbonyl (C=O) groups excluding carboxylic acids is 1. The maximum absolute atomic E-state index is 11.4. The Labute approximate surface area is 181 Å². The zero-order valence-electron chi connectivity index (χ0n) is 17.7. The summed E-state index contributed by atoms with van der Waals surface area (Å²) in [5, 5.41) is 0. The second-order valence-electron chi connectivity index (χ2n) is 7.64. The zero-order chi connectivity index (χ0) is 21.8. The third kappa shape index (κ3) is 4.73. The lowest BCUT2D eigenvalue weighted by Gasteiger charge is -2.33. The van der Waals surface area contributed by atoms with Crippen LogP contribution in [-0.2, 0) is 11.3 Å². The molecule has 4 rings (SSSR count). The maximum atomic E-state index is 11.4. The molecule has 160 valence electrons. The van der Waals surface area contributed by atoms with E-state index in [9.17, 15) is 4.79 Å². The standard InChI is InChI=1S/C24H26N4O3/c1-16-3-4-19(20(13-16)30-2)14-28-11-12-31-21(15-28)23-22(26-9-10-27-23)17-5-7-18(8-6-17)24(25)29/h3-10,13,21H,11-12,14-15H2,1-2H3,(H2,25,29)/t21-/m1/s1. The van der Waals surface area contributed by atoms with E-state index in [1.807, 2.05) is 12.1 Å². The Bertz CT molecular complexity index is 1070. The van der Waals surface area contributed by atoms with Crippen molar-refractivity contribution < 1.29 is 14.3 Å². The van der Waals surface area contributed by atoms with Gasteiger partial charge < -0.3 is 15.2 Å². The number of methoxy groups -OCH3 is 1. The van der Waals surface area contributed by atoms with E-state index >= 15 is 0 Å². The number of rotatable bonds is 6. The molecule has 0 aliphatic carbocycles. The normalized spacial score (nSPS) is 16.8. The van der Waals surface area contributed by atoms with Crippen molar-refractivity contribution in [1.29, 1.82) is 0 Å². The Morgan fingerprint density at radius 1 is 1.19 bits per heavy atom. The highest BCUT2D eigenvalue weighted by Crippen LogP contribution is 2.30. The molecule has 31 heavy (non-hydrogen) atoms. The van der Waals surface area contributed by atoms with Crippen molar-refractivity contribution >= 4 is 5.91 Å². The number of primary amides is 1. The Hall–Kier alpha value is -3.29. The molecule has 0 spiro atoms. The Morgan fingerprint density at radius 2 is 1.97 bits per heavy atom. The van der Waals surface area contributed by atoms with Gasteiger partial charge in [0.15, 0.2) is 0 Å². The molecule has 2 aromatic carbocycles. The molecule has 2 heterocycles. The quantitative estimate of drug-likeness (QED) is 0.661. The number of ether oxygens (including phenoxy) is 2. The average Bonchev–Trinajstić information content (AvgIpc) is 2.80. The van der Waals surface area contributed by atoms with Crippen LogP contribution in [0.25, 0.3) is 11.3 Å². The van der Waals surface area contributed by atoms with Gasteiger partial charge in [-0.05, 0) is 30.7 Å². The van der Waals surface area contributed by atoms with Crippen LogP contribution in [0.4, 0.5) is 0 Å². The summed E-state index contributed by atoms with van der Waals surface area (Å²) in [6, 6.07) is 13.4. The van der Waals surface area contributed by atoms with Crippen LogP contribution >= 0.6 is 0 Å². The minimum atomic E-state index is -0.455. The van der Waals surface area contributed by atoms with Crippen LogP contribution in [0.15, 0.2) is 54.9 Å². The Balaban J connectivity index is 1.56. The largest absolute Gasteiger partial charge is 0.496 e. The second kappa shape index (κ2) is 9.24. The molecule has 0 bridgehead atoms. The van der Waals surface area contributed by atoms with Crippen molar-refractivity contribution in [2.24, 2.45) is 5.73 Å². The summed E-state index contributed by atoms with van der Waals surface area (Å²) in [6.45, 7) is 4.96. The van der Waals surface area contributed by atoms with Crippen LogP contribution in [0.5, 0.6) is 5.75 Å². The Morgan fingerprint density at radius 3 is 2.71 bits per heavy atom. The Kier molecular flexibility index (Phi) is 6.25. The lowest BCUT2D eigenvalue weighted by atomic mass is 10.0. The van der Waals surface area contributed by atoms with Crippen LogP contribution in [-0.4, -0.2) is 47.6 Å². The van der Waals surface area contributed by atoms with E-state index in [-0.39, 0.29) is 6.10 Å².